The van der Waals surface area contributed by atoms with E-state index in [2.05, 4.69) is 10.3 Å². The summed E-state index contributed by atoms with van der Waals surface area (Å²) < 4.78 is 0. The van der Waals surface area contributed by atoms with E-state index in [-0.39, 0.29) is 12.1 Å². The Morgan fingerprint density at radius 1 is 1.30 bits per heavy atom. The zero-order valence-electron chi connectivity index (χ0n) is 10.6. The van der Waals surface area contributed by atoms with E-state index in [4.69, 9.17) is 23.2 Å². The van der Waals surface area contributed by atoms with Crippen LogP contribution in [-0.4, -0.2) is 17.9 Å². The van der Waals surface area contributed by atoms with E-state index in [9.17, 15) is 4.79 Å². The summed E-state index contributed by atoms with van der Waals surface area (Å²) in [7, 11) is 1.86. The molecule has 1 aliphatic heterocycles. The molecule has 0 aliphatic carbocycles. The number of halogens is 2. The molecule has 1 aliphatic rings. The van der Waals surface area contributed by atoms with Crippen LogP contribution in [0.15, 0.2) is 36.5 Å². The van der Waals surface area contributed by atoms with Crippen LogP contribution in [0.4, 0.5) is 5.82 Å². The number of carbonyl (C=O) groups is 1. The Hall–Kier alpha value is -1.78. The van der Waals surface area contributed by atoms with Gasteiger partial charge in [-0.1, -0.05) is 29.3 Å². The van der Waals surface area contributed by atoms with Crippen LogP contribution in [0, 0.1) is 0 Å². The van der Waals surface area contributed by atoms with Crippen molar-refractivity contribution in [1.29, 1.82) is 0 Å². The quantitative estimate of drug-likeness (QED) is 0.879. The lowest BCUT2D eigenvalue weighted by Crippen LogP contribution is -2.45. The Morgan fingerprint density at radius 2 is 2.10 bits per heavy atom. The minimum absolute atomic E-state index is 0.165. The highest BCUT2D eigenvalue weighted by atomic mass is 35.5. The van der Waals surface area contributed by atoms with E-state index >= 15 is 0 Å². The minimum Gasteiger partial charge on any atom is -0.335 e. The van der Waals surface area contributed by atoms with Crippen molar-refractivity contribution in [3.63, 3.8) is 0 Å². The van der Waals surface area contributed by atoms with Crippen molar-refractivity contribution >= 4 is 34.9 Å². The summed E-state index contributed by atoms with van der Waals surface area (Å²) in [6.45, 7) is 0. The topological polar surface area (TPSA) is 45.2 Å². The summed E-state index contributed by atoms with van der Waals surface area (Å²) in [5, 5.41) is 3.98. The largest absolute Gasteiger partial charge is 0.335 e. The van der Waals surface area contributed by atoms with Crippen LogP contribution in [0.2, 0.25) is 10.0 Å². The normalized spacial score (nSPS) is 17.6. The van der Waals surface area contributed by atoms with E-state index in [1.54, 1.807) is 36.5 Å². The molecule has 1 amide bonds. The van der Waals surface area contributed by atoms with Gasteiger partial charge < -0.3 is 10.2 Å². The molecule has 1 N–H and O–H groups in total. The molecular weight excluding hydrogens is 297 g/mol. The van der Waals surface area contributed by atoms with Gasteiger partial charge in [0.15, 0.2) is 0 Å². The molecular formula is C14H11Cl2N3O. The number of hydrogen-bond donors (Lipinski definition) is 1. The number of amides is 1. The Morgan fingerprint density at radius 3 is 2.85 bits per heavy atom. The van der Waals surface area contributed by atoms with Crippen molar-refractivity contribution in [2.75, 3.05) is 11.9 Å². The first kappa shape index (κ1) is 13.2. The summed E-state index contributed by atoms with van der Waals surface area (Å²) in [5.41, 5.74) is 1.33. The molecule has 6 heteroatoms. The molecule has 1 unspecified atom stereocenters. The van der Waals surface area contributed by atoms with Crippen LogP contribution in [-0.2, 0) is 0 Å². The number of pyridine rings is 1. The predicted molar refractivity (Wildman–Crippen MR) is 79.3 cm³/mol. The third-order valence-electron chi connectivity index (χ3n) is 3.28. The van der Waals surface area contributed by atoms with Gasteiger partial charge in [-0.2, -0.15) is 0 Å². The van der Waals surface area contributed by atoms with Gasteiger partial charge in [0.1, 0.15) is 12.0 Å². The second-order valence-corrected chi connectivity index (χ2v) is 5.37. The summed E-state index contributed by atoms with van der Waals surface area (Å²) in [5.74, 6) is 0.467. The number of nitrogens with one attached hydrogen (secondary N) is 1. The summed E-state index contributed by atoms with van der Waals surface area (Å²) >= 11 is 12.1. The lowest BCUT2D eigenvalue weighted by molar-refractivity contribution is 0.0927. The molecule has 0 fully saturated rings. The van der Waals surface area contributed by atoms with Crippen molar-refractivity contribution in [2.45, 2.75) is 6.17 Å². The number of nitrogens with zero attached hydrogens (tertiary/aromatic N) is 2. The van der Waals surface area contributed by atoms with Crippen LogP contribution in [0.3, 0.4) is 0 Å². The first-order valence-corrected chi connectivity index (χ1v) is 6.77. The van der Waals surface area contributed by atoms with Gasteiger partial charge in [0.05, 0.1) is 5.56 Å². The Bertz CT molecular complexity index is 690. The lowest BCUT2D eigenvalue weighted by Gasteiger charge is -2.35. The number of anilines is 1. The first-order chi connectivity index (χ1) is 9.58. The van der Waals surface area contributed by atoms with E-state index in [1.165, 1.54) is 0 Å². The van der Waals surface area contributed by atoms with Crippen molar-refractivity contribution in [3.8, 4) is 0 Å². The van der Waals surface area contributed by atoms with E-state index in [1.807, 2.05) is 11.9 Å². The summed E-state index contributed by atoms with van der Waals surface area (Å²) in [6, 6.07) is 8.69. The molecule has 3 rings (SSSR count). The maximum Gasteiger partial charge on any atom is 0.256 e. The van der Waals surface area contributed by atoms with Crippen LogP contribution in [0.1, 0.15) is 22.1 Å². The highest BCUT2D eigenvalue weighted by Crippen LogP contribution is 2.33. The molecule has 4 nitrogen and oxygen atoms in total. The van der Waals surface area contributed by atoms with Crippen molar-refractivity contribution < 1.29 is 4.79 Å². The standard InChI is InChI=1S/C14H11Cl2N3O/c1-19-12-10(3-2-6-17-12)14(20)18-13(19)9-5-4-8(15)7-11(9)16/h2-7,13H,1H3,(H,18,20). The van der Waals surface area contributed by atoms with Crippen LogP contribution in [0.5, 0.6) is 0 Å². The molecule has 0 saturated heterocycles. The molecule has 0 spiro atoms. The number of hydrogen-bond acceptors (Lipinski definition) is 3. The highest BCUT2D eigenvalue weighted by Gasteiger charge is 2.31. The van der Waals surface area contributed by atoms with Crippen molar-refractivity contribution in [2.24, 2.45) is 0 Å². The van der Waals surface area contributed by atoms with Crippen LogP contribution in [0.25, 0.3) is 0 Å². The number of carbonyl (C=O) groups excluding carboxylic acids is 1. The molecule has 2 aromatic rings. The average Bonchev–Trinajstić information content (AvgIpc) is 2.43. The zero-order valence-corrected chi connectivity index (χ0v) is 12.1. The smallest absolute Gasteiger partial charge is 0.256 e. The van der Waals surface area contributed by atoms with E-state index in [0.717, 1.165) is 5.56 Å². The second kappa shape index (κ2) is 4.96. The molecule has 2 heterocycles. The number of aromatic nitrogens is 1. The lowest BCUT2D eigenvalue weighted by atomic mass is 10.1. The van der Waals surface area contributed by atoms with Crippen LogP contribution >= 0.6 is 23.2 Å². The highest BCUT2D eigenvalue weighted by molar-refractivity contribution is 6.35. The maximum atomic E-state index is 12.1. The third-order valence-corrected chi connectivity index (χ3v) is 3.84. The van der Waals surface area contributed by atoms with E-state index < -0.39 is 0 Å². The Labute approximate surface area is 126 Å². The number of benzene rings is 1. The third kappa shape index (κ3) is 2.11. The van der Waals surface area contributed by atoms with Gasteiger partial charge in [-0.25, -0.2) is 4.98 Å². The van der Waals surface area contributed by atoms with Crippen molar-refractivity contribution in [3.05, 3.63) is 57.7 Å². The fraction of sp³-hybridized carbons (Fsp3) is 0.143. The van der Waals surface area contributed by atoms with E-state index in [0.29, 0.717) is 21.4 Å². The second-order valence-electron chi connectivity index (χ2n) is 4.53. The Kier molecular flexibility index (Phi) is 3.28. The van der Waals surface area contributed by atoms with Crippen LogP contribution < -0.4 is 10.2 Å². The monoisotopic (exact) mass is 307 g/mol. The minimum atomic E-state index is -0.366. The molecule has 0 radical (unpaired) electrons. The molecule has 0 saturated carbocycles. The maximum absolute atomic E-state index is 12.1. The predicted octanol–water partition coefficient (Wildman–Crippen LogP) is 3.27. The zero-order chi connectivity index (χ0) is 14.3. The first-order valence-electron chi connectivity index (χ1n) is 6.01. The number of rotatable bonds is 1. The average molecular weight is 308 g/mol. The molecule has 1 aromatic heterocycles. The number of fused-ring (bicyclic) bond motifs is 1. The van der Waals surface area contributed by atoms with Gasteiger partial charge in [0.25, 0.3) is 5.91 Å². The SMILES string of the molecule is CN1c2ncccc2C(=O)NC1c1ccc(Cl)cc1Cl. The molecule has 20 heavy (non-hydrogen) atoms. The molecule has 0 bridgehead atoms. The fourth-order valence-electron chi connectivity index (χ4n) is 2.29. The van der Waals surface area contributed by atoms with Gasteiger partial charge in [-0.3, -0.25) is 4.79 Å². The van der Waals surface area contributed by atoms with Gasteiger partial charge in [-0.15, -0.1) is 0 Å². The summed E-state index contributed by atoms with van der Waals surface area (Å²) in [6.07, 6.45) is 1.30. The van der Waals surface area contributed by atoms with Gasteiger partial charge in [0.2, 0.25) is 0 Å². The molecule has 1 aromatic carbocycles. The van der Waals surface area contributed by atoms with Gasteiger partial charge in [0, 0.05) is 28.9 Å². The van der Waals surface area contributed by atoms with Gasteiger partial charge in [-0.05, 0) is 24.3 Å². The molecule has 102 valence electrons. The van der Waals surface area contributed by atoms with Gasteiger partial charge >= 0.3 is 0 Å². The summed E-state index contributed by atoms with van der Waals surface area (Å²) in [4.78, 5) is 18.3. The fourth-order valence-corrected chi connectivity index (χ4v) is 2.80. The molecule has 1 atom stereocenters. The van der Waals surface area contributed by atoms with Crippen molar-refractivity contribution in [1.82, 2.24) is 10.3 Å². The Balaban J connectivity index is 2.07.